The van der Waals surface area contributed by atoms with Crippen molar-refractivity contribution in [1.29, 1.82) is 0 Å². The minimum Gasteiger partial charge on any atom is -0.497 e. The molecule has 1 aliphatic carbocycles. The van der Waals surface area contributed by atoms with Crippen molar-refractivity contribution in [2.45, 2.75) is 109 Å². The molecule has 0 bridgehead atoms. The number of carbonyl (C=O) groups is 5. The molecule has 2 fully saturated rings. The zero-order valence-electron chi connectivity index (χ0n) is 31.8. The van der Waals surface area contributed by atoms with Gasteiger partial charge in [-0.25, -0.2) is 13.8 Å². The number of methoxy groups -OCH3 is 1. The number of aromatic nitrogens is 1. The molecule has 1 saturated heterocycles. The third-order valence-corrected chi connectivity index (χ3v) is 9.75. The van der Waals surface area contributed by atoms with Crippen molar-refractivity contribution >= 4 is 51.5 Å². The molecule has 2 aromatic rings. The average molecular weight is 772 g/mol. The maximum absolute atomic E-state index is 13.2. The van der Waals surface area contributed by atoms with Crippen LogP contribution in [0.25, 0.3) is 10.8 Å². The molecule has 4 rings (SSSR count). The number of fused-ring (bicyclic) bond motifs is 1. The van der Waals surface area contributed by atoms with Crippen molar-refractivity contribution in [3.05, 3.63) is 65.1 Å². The minimum atomic E-state index is -1.55. The highest BCUT2D eigenvalue weighted by Crippen LogP contribution is 2.25. The fraction of sp³-hybridized carbons (Fsp3) is 0.526. The monoisotopic (exact) mass is 771 g/mol. The molecule has 296 valence electrons. The number of esters is 1. The molecule has 54 heavy (non-hydrogen) atoms. The van der Waals surface area contributed by atoms with Gasteiger partial charge in [-0.3, -0.25) is 23.9 Å². The molecule has 1 saturated carbocycles. The van der Waals surface area contributed by atoms with Gasteiger partial charge in [0.05, 0.1) is 12.4 Å². The van der Waals surface area contributed by atoms with Crippen molar-refractivity contribution in [3.8, 4) is 5.75 Å². The Kier molecular flexibility index (Phi) is 16.9. The second-order valence-corrected chi connectivity index (χ2v) is 15.2. The maximum atomic E-state index is 13.2. The predicted molar refractivity (Wildman–Crippen MR) is 205 cm³/mol. The molecular weight excluding hydrogens is 719 g/mol. The molecule has 1 aliphatic heterocycles. The number of rotatable bonds is 15. The van der Waals surface area contributed by atoms with Crippen LogP contribution in [0.4, 0.5) is 4.79 Å². The topological polar surface area (TPSA) is 202 Å². The first-order valence-electron chi connectivity index (χ1n) is 18.1. The van der Waals surface area contributed by atoms with Gasteiger partial charge >= 0.3 is 12.1 Å². The third kappa shape index (κ3) is 14.4. The molecule has 2 aliphatic rings. The highest BCUT2D eigenvalue weighted by Gasteiger charge is 2.36. The first-order valence-corrected chi connectivity index (χ1v) is 19.3. The maximum Gasteiger partial charge on any atom is 0.408 e. The number of nitrogens with zero attached hydrogens (tertiary/aromatic N) is 1. The van der Waals surface area contributed by atoms with Crippen LogP contribution in [0.15, 0.2) is 59.6 Å². The summed E-state index contributed by atoms with van der Waals surface area (Å²) in [6.45, 7) is 8.74. The van der Waals surface area contributed by atoms with Gasteiger partial charge in [0.15, 0.2) is 0 Å². The van der Waals surface area contributed by atoms with Crippen LogP contribution >= 0.6 is 0 Å². The second-order valence-electron chi connectivity index (χ2n) is 13.8. The van der Waals surface area contributed by atoms with E-state index in [1.165, 1.54) is 17.1 Å². The zero-order chi connectivity index (χ0) is 39.8. The van der Waals surface area contributed by atoms with Crippen molar-refractivity contribution in [2.75, 3.05) is 20.2 Å². The number of hydrogen-bond acceptors (Lipinski definition) is 10. The van der Waals surface area contributed by atoms with Crippen LogP contribution in [0.3, 0.4) is 0 Å². The number of benzene rings is 1. The first kappa shape index (κ1) is 43.4. The lowest BCUT2D eigenvalue weighted by Crippen LogP contribution is -2.54. The lowest BCUT2D eigenvalue weighted by atomic mass is 10.1. The Morgan fingerprint density at radius 3 is 2.50 bits per heavy atom. The van der Waals surface area contributed by atoms with Crippen LogP contribution in [0.1, 0.15) is 79.6 Å². The van der Waals surface area contributed by atoms with Crippen molar-refractivity contribution in [3.63, 3.8) is 0 Å². The highest BCUT2D eigenvalue weighted by molar-refractivity contribution is 7.84. The lowest BCUT2D eigenvalue weighted by molar-refractivity contribution is -0.143. The van der Waals surface area contributed by atoms with Gasteiger partial charge in [-0.05, 0) is 102 Å². The van der Waals surface area contributed by atoms with E-state index in [1.807, 2.05) is 19.1 Å². The quantitative estimate of drug-likeness (QED) is 0.118. The van der Waals surface area contributed by atoms with E-state index in [4.69, 9.17) is 14.2 Å². The van der Waals surface area contributed by atoms with E-state index in [1.54, 1.807) is 65.3 Å². The Morgan fingerprint density at radius 1 is 1.11 bits per heavy atom. The largest absolute Gasteiger partial charge is 0.497 e. The number of amides is 4. The van der Waals surface area contributed by atoms with Gasteiger partial charge < -0.3 is 34.7 Å². The summed E-state index contributed by atoms with van der Waals surface area (Å²) in [4.78, 5) is 77.9. The van der Waals surface area contributed by atoms with Crippen molar-refractivity contribution in [1.82, 2.24) is 25.2 Å². The summed E-state index contributed by atoms with van der Waals surface area (Å²) < 4.78 is 30.4. The Labute approximate surface area is 318 Å². The minimum absolute atomic E-state index is 0.0693. The van der Waals surface area contributed by atoms with Crippen LogP contribution in [0, 0.1) is 0 Å². The van der Waals surface area contributed by atoms with Gasteiger partial charge in [0, 0.05) is 24.2 Å². The number of alkyl carbamates (subject to hydrolysis) is 1. The predicted octanol–water partition coefficient (Wildman–Crippen LogP) is 3.70. The number of pyridine rings is 1. The fourth-order valence-corrected chi connectivity index (χ4v) is 6.43. The summed E-state index contributed by atoms with van der Waals surface area (Å²) in [5, 5.41) is 6.58. The van der Waals surface area contributed by atoms with E-state index in [9.17, 15) is 33.0 Å². The van der Waals surface area contributed by atoms with Gasteiger partial charge in [-0.2, -0.15) is 0 Å². The molecular formula is C38H53N5O10S. The number of allylic oxidation sites excluding steroid dienone is 2. The van der Waals surface area contributed by atoms with Gasteiger partial charge in [-0.15, -0.1) is 0 Å². The highest BCUT2D eigenvalue weighted by atomic mass is 32.2. The van der Waals surface area contributed by atoms with Crippen LogP contribution in [0.2, 0.25) is 0 Å². The zero-order valence-corrected chi connectivity index (χ0v) is 32.6. The van der Waals surface area contributed by atoms with Gasteiger partial charge in [0.1, 0.15) is 47.1 Å². The summed E-state index contributed by atoms with van der Waals surface area (Å²) in [7, 11) is 0.0582. The van der Waals surface area contributed by atoms with Gasteiger partial charge in [0.2, 0.25) is 11.8 Å². The fourth-order valence-electron chi connectivity index (χ4n) is 5.38. The molecule has 4 unspecified atom stereocenters. The van der Waals surface area contributed by atoms with E-state index in [-0.39, 0.29) is 23.5 Å². The van der Waals surface area contributed by atoms with E-state index in [2.05, 4.69) is 20.3 Å². The standard InChI is InChI=1S/C28H44N4O8S.C10H9NO2/c1-6-11-24(34)39-19(7-2)12-8-9-13-21(25(35)31-41(38)20-15-16-20)30-26(36)22-14-10-17-32(22)23(33)18-29-27(37)40-28(3,4)5;1-13-8-2-3-9-7(6-8)4-5-11-10(9)12/h6,9,11,13,19-22H,7-8,10,12,14-18H2,1-5H3,(H,29,37)(H,30,36)(H,31,35);2-6H,1H3,(H,11,12)/b11-6+,13-9-;. The molecule has 1 aromatic carbocycles. The van der Waals surface area contributed by atoms with Crippen LogP contribution in [0.5, 0.6) is 5.75 Å². The Bertz CT molecular complexity index is 1760. The smallest absolute Gasteiger partial charge is 0.408 e. The first-order chi connectivity index (χ1) is 25.6. The SMILES string of the molecule is C/C=C/C(=O)OC(CC)CC/C=C\C(NC(=O)C1CCCN1C(=O)CNC(=O)OC(C)(C)C)C(=O)NS(=O)C1CC1.COc1ccc2c(=O)[nH]ccc2c1. The van der Waals surface area contributed by atoms with E-state index < -0.39 is 58.5 Å². The van der Waals surface area contributed by atoms with Crippen LogP contribution in [-0.4, -0.2) is 93.1 Å². The number of likely N-dealkylation sites (tertiary alicyclic amines) is 1. The van der Waals surface area contributed by atoms with E-state index in [0.29, 0.717) is 44.0 Å². The molecule has 0 radical (unpaired) electrons. The van der Waals surface area contributed by atoms with Gasteiger partial charge in [0.25, 0.3) is 11.5 Å². The van der Waals surface area contributed by atoms with Crippen LogP contribution in [-0.2, 0) is 39.6 Å². The summed E-state index contributed by atoms with van der Waals surface area (Å²) in [6.07, 6.45) is 10.9. The third-order valence-electron chi connectivity index (χ3n) is 8.27. The average Bonchev–Trinajstić information content (AvgIpc) is 3.86. The normalized spacial score (nSPS) is 17.2. The molecule has 4 N–H and O–H groups in total. The Hall–Kier alpha value is -4.99. The summed E-state index contributed by atoms with van der Waals surface area (Å²) in [5.74, 6) is -1.25. The molecule has 4 atom stereocenters. The molecule has 2 heterocycles. The molecule has 16 heteroatoms. The summed E-state index contributed by atoms with van der Waals surface area (Å²) in [6, 6.07) is 5.28. The number of ether oxygens (including phenoxy) is 3. The van der Waals surface area contributed by atoms with E-state index >= 15 is 0 Å². The Balaban J connectivity index is 0.000000500. The summed E-state index contributed by atoms with van der Waals surface area (Å²) >= 11 is 0. The number of H-pyrrole nitrogens is 1. The lowest BCUT2D eigenvalue weighted by Gasteiger charge is -2.26. The molecule has 4 amide bonds. The van der Waals surface area contributed by atoms with Crippen molar-refractivity contribution in [2.24, 2.45) is 0 Å². The number of aromatic amines is 1. The molecule has 0 spiro atoms. The van der Waals surface area contributed by atoms with Crippen molar-refractivity contribution < 1.29 is 42.4 Å². The summed E-state index contributed by atoms with van der Waals surface area (Å²) in [5.41, 5.74) is -0.788. The Morgan fingerprint density at radius 2 is 1.85 bits per heavy atom. The number of carbonyl (C=O) groups excluding carboxylic acids is 5. The van der Waals surface area contributed by atoms with E-state index in [0.717, 1.165) is 24.0 Å². The van der Waals surface area contributed by atoms with Crippen LogP contribution < -0.4 is 25.7 Å². The van der Waals surface area contributed by atoms with Gasteiger partial charge in [-0.1, -0.05) is 25.2 Å². The second kappa shape index (κ2) is 21.0. The molecule has 1 aromatic heterocycles. The number of hydrogen-bond donors (Lipinski definition) is 4. The number of nitrogens with one attached hydrogen (secondary N) is 4. The molecule has 15 nitrogen and oxygen atoms in total.